The fourth-order valence-electron chi connectivity index (χ4n) is 2.19. The molecule has 0 radical (unpaired) electrons. The highest BCUT2D eigenvalue weighted by Crippen LogP contribution is 2.30. The number of nitrogens with one attached hydrogen (secondary N) is 1. The molecule has 8 heteroatoms. The number of halogens is 1. The topological polar surface area (TPSA) is 98.0 Å². The van der Waals surface area contributed by atoms with E-state index in [2.05, 4.69) is 15.3 Å². The molecule has 0 bridgehead atoms. The van der Waals surface area contributed by atoms with E-state index in [1.807, 2.05) is 20.8 Å². The Morgan fingerprint density at radius 3 is 2.48 bits per heavy atom. The molecule has 2 amide bonds. The Hall–Kier alpha value is -2.12. The molecule has 0 aliphatic heterocycles. The second-order valence-electron chi connectivity index (χ2n) is 5.60. The normalized spacial score (nSPS) is 11.9. The first-order valence-electron chi connectivity index (χ1n) is 7.57. The van der Waals surface area contributed by atoms with Crippen molar-refractivity contribution < 1.29 is 9.59 Å². The van der Waals surface area contributed by atoms with Gasteiger partial charge >= 0.3 is 0 Å². The molecule has 2 aromatic rings. The van der Waals surface area contributed by atoms with E-state index in [-0.39, 0.29) is 5.91 Å². The van der Waals surface area contributed by atoms with Gasteiger partial charge in [-0.05, 0) is 51.0 Å². The molecule has 0 fully saturated rings. The van der Waals surface area contributed by atoms with E-state index in [4.69, 9.17) is 17.3 Å². The zero-order valence-electron chi connectivity index (χ0n) is 14.4. The van der Waals surface area contributed by atoms with Crippen LogP contribution in [0.2, 0.25) is 5.02 Å². The Morgan fingerprint density at radius 1 is 1.24 bits per heavy atom. The Kier molecular flexibility index (Phi) is 6.02. The molecule has 132 valence electrons. The number of hydrogen-bond donors (Lipinski definition) is 2. The summed E-state index contributed by atoms with van der Waals surface area (Å²) in [5, 5.41) is 3.15. The lowest BCUT2D eigenvalue weighted by Gasteiger charge is -2.16. The maximum atomic E-state index is 12.4. The minimum Gasteiger partial charge on any atom is -0.366 e. The predicted octanol–water partition coefficient (Wildman–Crippen LogP) is 3.27. The largest absolute Gasteiger partial charge is 0.366 e. The van der Waals surface area contributed by atoms with E-state index in [9.17, 15) is 9.59 Å². The lowest BCUT2D eigenvalue weighted by molar-refractivity contribution is -0.115. The van der Waals surface area contributed by atoms with Gasteiger partial charge in [0.15, 0.2) is 0 Å². The summed E-state index contributed by atoms with van der Waals surface area (Å²) >= 11 is 6.96. The first kappa shape index (κ1) is 19.2. The molecule has 0 aliphatic rings. The number of amides is 2. The Bertz CT molecular complexity index is 824. The maximum absolute atomic E-state index is 12.4. The highest BCUT2D eigenvalue weighted by atomic mass is 35.5. The molecular formula is C17H19ClN4O2S. The zero-order chi connectivity index (χ0) is 18.7. The molecule has 25 heavy (non-hydrogen) atoms. The van der Waals surface area contributed by atoms with Gasteiger partial charge in [0, 0.05) is 11.9 Å². The van der Waals surface area contributed by atoms with Crippen LogP contribution in [-0.2, 0) is 4.79 Å². The monoisotopic (exact) mass is 378 g/mol. The number of anilines is 1. The van der Waals surface area contributed by atoms with Gasteiger partial charge in [-0.2, -0.15) is 0 Å². The van der Waals surface area contributed by atoms with Crippen molar-refractivity contribution >= 4 is 41.0 Å². The van der Waals surface area contributed by atoms with Crippen LogP contribution >= 0.6 is 23.4 Å². The number of nitrogens with zero attached hydrogens (tertiary/aromatic N) is 2. The van der Waals surface area contributed by atoms with Crippen molar-refractivity contribution in [1.29, 1.82) is 0 Å². The molecule has 3 N–H and O–H groups in total. The van der Waals surface area contributed by atoms with Crippen LogP contribution in [0.1, 0.15) is 34.1 Å². The van der Waals surface area contributed by atoms with E-state index in [1.165, 1.54) is 18.0 Å². The van der Waals surface area contributed by atoms with Crippen LogP contribution in [0.3, 0.4) is 0 Å². The smallest absolute Gasteiger partial charge is 0.251 e. The van der Waals surface area contributed by atoms with Gasteiger partial charge < -0.3 is 11.1 Å². The first-order valence-corrected chi connectivity index (χ1v) is 8.83. The van der Waals surface area contributed by atoms with E-state index in [1.54, 1.807) is 19.1 Å². The van der Waals surface area contributed by atoms with Crippen LogP contribution in [0.25, 0.3) is 0 Å². The second-order valence-corrected chi connectivity index (χ2v) is 7.37. The summed E-state index contributed by atoms with van der Waals surface area (Å²) in [5.74, 6) is -0.406. The zero-order valence-corrected chi connectivity index (χ0v) is 16.0. The SMILES string of the molecule is Cc1nc(S[C@@H](C)C(=O)Nc2ccc(Cl)cn2)c(C(N)=O)c(C)c1C. The van der Waals surface area contributed by atoms with E-state index >= 15 is 0 Å². The predicted molar refractivity (Wildman–Crippen MR) is 100 cm³/mol. The van der Waals surface area contributed by atoms with E-state index in [0.717, 1.165) is 16.8 Å². The number of hydrogen-bond acceptors (Lipinski definition) is 5. The lowest BCUT2D eigenvalue weighted by Crippen LogP contribution is -2.24. The highest BCUT2D eigenvalue weighted by Gasteiger charge is 2.22. The minimum atomic E-state index is -0.553. The quantitative estimate of drug-likeness (QED) is 0.778. The summed E-state index contributed by atoms with van der Waals surface area (Å²) in [6.07, 6.45) is 1.45. The number of carbonyl (C=O) groups is 2. The highest BCUT2D eigenvalue weighted by molar-refractivity contribution is 8.00. The van der Waals surface area contributed by atoms with Crippen molar-refractivity contribution in [2.24, 2.45) is 5.73 Å². The summed E-state index contributed by atoms with van der Waals surface area (Å²) in [7, 11) is 0. The van der Waals surface area contributed by atoms with Crippen LogP contribution < -0.4 is 11.1 Å². The van der Waals surface area contributed by atoms with Gasteiger partial charge in [-0.1, -0.05) is 23.4 Å². The Balaban J connectivity index is 2.22. The van der Waals surface area contributed by atoms with Gasteiger partial charge in [-0.15, -0.1) is 0 Å². The number of carbonyl (C=O) groups excluding carboxylic acids is 2. The third-order valence-electron chi connectivity index (χ3n) is 3.85. The second kappa shape index (κ2) is 7.84. The molecule has 0 aliphatic carbocycles. The van der Waals surface area contributed by atoms with Gasteiger partial charge in [0.05, 0.1) is 15.8 Å². The number of aromatic nitrogens is 2. The fourth-order valence-corrected chi connectivity index (χ4v) is 3.36. The molecule has 6 nitrogen and oxygen atoms in total. The number of thioether (sulfide) groups is 1. The average Bonchev–Trinajstić information content (AvgIpc) is 2.54. The molecule has 0 aromatic carbocycles. The average molecular weight is 379 g/mol. The Labute approximate surface area is 155 Å². The van der Waals surface area contributed by atoms with Crippen molar-refractivity contribution in [3.63, 3.8) is 0 Å². The van der Waals surface area contributed by atoms with Crippen LogP contribution in [0.5, 0.6) is 0 Å². The van der Waals surface area contributed by atoms with Crippen molar-refractivity contribution in [3.05, 3.63) is 45.7 Å². The third kappa shape index (κ3) is 4.49. The van der Waals surface area contributed by atoms with Gasteiger partial charge in [0.1, 0.15) is 10.8 Å². The van der Waals surface area contributed by atoms with Crippen LogP contribution in [0, 0.1) is 20.8 Å². The van der Waals surface area contributed by atoms with Gasteiger partial charge in [0.25, 0.3) is 5.91 Å². The number of nitrogens with two attached hydrogens (primary N) is 1. The van der Waals surface area contributed by atoms with Crippen molar-refractivity contribution in [1.82, 2.24) is 9.97 Å². The first-order chi connectivity index (χ1) is 11.7. The summed E-state index contributed by atoms with van der Waals surface area (Å²) in [6, 6.07) is 3.26. The fraction of sp³-hybridized carbons (Fsp3) is 0.294. The van der Waals surface area contributed by atoms with Crippen molar-refractivity contribution in [2.45, 2.75) is 38.0 Å². The van der Waals surface area contributed by atoms with Gasteiger partial charge in [-0.3, -0.25) is 9.59 Å². The molecular weight excluding hydrogens is 360 g/mol. The number of aryl methyl sites for hydroxylation is 1. The molecule has 0 saturated carbocycles. The number of pyridine rings is 2. The third-order valence-corrected chi connectivity index (χ3v) is 5.16. The summed E-state index contributed by atoms with van der Waals surface area (Å²) in [4.78, 5) is 32.7. The maximum Gasteiger partial charge on any atom is 0.251 e. The van der Waals surface area contributed by atoms with Crippen molar-refractivity contribution in [3.8, 4) is 0 Å². The molecule has 2 aromatic heterocycles. The Morgan fingerprint density at radius 2 is 1.92 bits per heavy atom. The standard InChI is InChI=1S/C17H19ClN4O2S/c1-8-9(2)14(15(19)23)17(21-10(8)3)25-11(4)16(24)22-13-6-5-12(18)7-20-13/h5-7,11H,1-4H3,(H2,19,23)(H,20,22,24)/t11-/m0/s1. The molecule has 0 unspecified atom stereocenters. The molecule has 0 spiro atoms. The number of rotatable bonds is 5. The summed E-state index contributed by atoms with van der Waals surface area (Å²) in [6.45, 7) is 7.31. The molecule has 2 heterocycles. The number of primary amides is 1. The summed E-state index contributed by atoms with van der Waals surface area (Å²) in [5.41, 5.74) is 8.37. The molecule has 0 saturated heterocycles. The molecule has 2 rings (SSSR count). The van der Waals surface area contributed by atoms with Crippen LogP contribution in [0.15, 0.2) is 23.4 Å². The molecule has 1 atom stereocenters. The van der Waals surface area contributed by atoms with Crippen molar-refractivity contribution in [2.75, 3.05) is 5.32 Å². The van der Waals surface area contributed by atoms with E-state index < -0.39 is 11.2 Å². The van der Waals surface area contributed by atoms with Gasteiger partial charge in [-0.25, -0.2) is 9.97 Å². The minimum absolute atomic E-state index is 0.257. The van der Waals surface area contributed by atoms with Crippen LogP contribution in [-0.4, -0.2) is 27.0 Å². The van der Waals surface area contributed by atoms with Crippen LogP contribution in [0.4, 0.5) is 5.82 Å². The summed E-state index contributed by atoms with van der Waals surface area (Å²) < 4.78 is 0. The lowest BCUT2D eigenvalue weighted by atomic mass is 10.0. The van der Waals surface area contributed by atoms with Gasteiger partial charge in [0.2, 0.25) is 5.91 Å². The van der Waals surface area contributed by atoms with E-state index in [0.29, 0.717) is 21.4 Å².